The zero-order valence-corrected chi connectivity index (χ0v) is 12.9. The summed E-state index contributed by atoms with van der Waals surface area (Å²) in [5, 5.41) is 10.1. The highest BCUT2D eigenvalue weighted by Gasteiger charge is 2.31. The Morgan fingerprint density at radius 3 is 2.38 bits per heavy atom. The Kier molecular flexibility index (Phi) is 5.10. The maximum Gasteiger partial charge on any atom is 0.573 e. The third kappa shape index (κ3) is 5.20. The molecule has 0 radical (unpaired) electrons. The number of ether oxygens (including phenoxy) is 1. The summed E-state index contributed by atoms with van der Waals surface area (Å²) in [6, 6.07) is 13.0. The summed E-state index contributed by atoms with van der Waals surface area (Å²) in [4.78, 5) is 0. The molecule has 1 N–H and O–H groups in total. The highest BCUT2D eigenvalue weighted by molar-refractivity contribution is 14.1. The van der Waals surface area contributed by atoms with Gasteiger partial charge in [-0.1, -0.05) is 24.3 Å². The quantitative estimate of drug-likeness (QED) is 0.757. The smallest absolute Gasteiger partial charge is 0.406 e. The first-order valence-corrected chi connectivity index (χ1v) is 7.19. The topological polar surface area (TPSA) is 29.5 Å². The van der Waals surface area contributed by atoms with Crippen molar-refractivity contribution >= 4 is 22.6 Å². The third-order valence-corrected chi connectivity index (χ3v) is 3.54. The normalized spacial score (nSPS) is 13.0. The third-order valence-electron chi connectivity index (χ3n) is 2.82. The van der Waals surface area contributed by atoms with E-state index in [2.05, 4.69) is 27.3 Å². The minimum atomic E-state index is -4.74. The van der Waals surface area contributed by atoms with E-state index in [-0.39, 0.29) is 5.75 Å². The second-order valence-electron chi connectivity index (χ2n) is 4.47. The predicted octanol–water partition coefficient (Wildman–Crippen LogP) is 4.47. The van der Waals surface area contributed by atoms with Crippen LogP contribution >= 0.6 is 22.6 Å². The second-order valence-corrected chi connectivity index (χ2v) is 5.71. The molecule has 0 aliphatic rings. The lowest BCUT2D eigenvalue weighted by Crippen LogP contribution is -2.17. The molecule has 0 spiro atoms. The van der Waals surface area contributed by atoms with Gasteiger partial charge in [0.2, 0.25) is 0 Å². The molecule has 2 aromatic carbocycles. The fourth-order valence-electron chi connectivity index (χ4n) is 1.88. The van der Waals surface area contributed by atoms with Gasteiger partial charge in [0, 0.05) is 9.99 Å². The molecule has 0 fully saturated rings. The summed E-state index contributed by atoms with van der Waals surface area (Å²) < 4.78 is 41.4. The Balaban J connectivity index is 2.10. The predicted molar refractivity (Wildman–Crippen MR) is 80.9 cm³/mol. The molecule has 0 amide bonds. The van der Waals surface area contributed by atoms with Gasteiger partial charge in [-0.25, -0.2) is 0 Å². The fourth-order valence-corrected chi connectivity index (χ4v) is 2.24. The summed E-state index contributed by atoms with van der Waals surface area (Å²) in [5.41, 5.74) is 1.29. The summed E-state index contributed by atoms with van der Waals surface area (Å²) in [7, 11) is 0. The van der Waals surface area contributed by atoms with E-state index < -0.39 is 12.5 Å². The number of halogens is 4. The van der Waals surface area contributed by atoms with Gasteiger partial charge in [0.05, 0.1) is 6.10 Å². The van der Waals surface area contributed by atoms with Crippen molar-refractivity contribution in [2.24, 2.45) is 0 Å². The summed E-state index contributed by atoms with van der Waals surface area (Å²) >= 11 is 2.17. The van der Waals surface area contributed by atoms with E-state index in [4.69, 9.17) is 0 Å². The minimum absolute atomic E-state index is 0.326. The van der Waals surface area contributed by atoms with Gasteiger partial charge in [0.15, 0.2) is 0 Å². The van der Waals surface area contributed by atoms with Crippen molar-refractivity contribution < 1.29 is 23.0 Å². The van der Waals surface area contributed by atoms with Crippen molar-refractivity contribution in [3.8, 4) is 5.75 Å². The van der Waals surface area contributed by atoms with Crippen LogP contribution in [-0.4, -0.2) is 11.5 Å². The molecule has 0 aliphatic carbocycles. The van der Waals surface area contributed by atoms with Crippen molar-refractivity contribution in [2.45, 2.75) is 18.9 Å². The molecule has 2 nitrogen and oxygen atoms in total. The van der Waals surface area contributed by atoms with Gasteiger partial charge in [-0.05, 0) is 58.0 Å². The molecule has 0 saturated heterocycles. The molecule has 1 unspecified atom stereocenters. The molecular formula is C15H12F3IO2. The molecule has 2 aromatic rings. The monoisotopic (exact) mass is 408 g/mol. The van der Waals surface area contributed by atoms with Crippen LogP contribution in [0.1, 0.15) is 17.2 Å². The fraction of sp³-hybridized carbons (Fsp3) is 0.200. The standard InChI is InChI=1S/C15H12F3IO2/c16-15(17,18)21-13-3-1-2-11(9-13)14(20)8-10-4-6-12(19)7-5-10/h1-7,9,14,20H,8H2. The molecule has 0 heterocycles. The Bertz CT molecular complexity index is 597. The average Bonchev–Trinajstić information content (AvgIpc) is 2.40. The first kappa shape index (κ1) is 16.1. The zero-order chi connectivity index (χ0) is 15.5. The number of rotatable bonds is 4. The SMILES string of the molecule is OC(Cc1ccc(I)cc1)c1cccc(OC(F)(F)F)c1. The van der Waals surface area contributed by atoms with E-state index >= 15 is 0 Å². The van der Waals surface area contributed by atoms with Gasteiger partial charge in [-0.2, -0.15) is 0 Å². The van der Waals surface area contributed by atoms with E-state index in [1.165, 1.54) is 18.2 Å². The summed E-state index contributed by atoms with van der Waals surface area (Å²) in [6.45, 7) is 0. The van der Waals surface area contributed by atoms with Crippen LogP contribution in [0.2, 0.25) is 0 Å². The molecule has 2 rings (SSSR count). The van der Waals surface area contributed by atoms with E-state index in [0.29, 0.717) is 12.0 Å². The number of hydrogen-bond acceptors (Lipinski definition) is 2. The maximum atomic E-state index is 12.2. The van der Waals surface area contributed by atoms with E-state index in [1.807, 2.05) is 24.3 Å². The number of hydrogen-bond donors (Lipinski definition) is 1. The molecule has 6 heteroatoms. The molecule has 112 valence electrons. The Labute approximate surface area is 133 Å². The van der Waals surface area contributed by atoms with Gasteiger partial charge in [0.25, 0.3) is 0 Å². The number of alkyl halides is 3. The molecular weight excluding hydrogens is 396 g/mol. The van der Waals surface area contributed by atoms with Crippen LogP contribution < -0.4 is 4.74 Å². The lowest BCUT2D eigenvalue weighted by molar-refractivity contribution is -0.274. The first-order valence-electron chi connectivity index (χ1n) is 6.12. The Morgan fingerprint density at radius 1 is 1.10 bits per heavy atom. The zero-order valence-electron chi connectivity index (χ0n) is 10.8. The Morgan fingerprint density at radius 2 is 1.76 bits per heavy atom. The molecule has 0 aliphatic heterocycles. The summed E-state index contributed by atoms with van der Waals surface area (Å²) in [5.74, 6) is -0.332. The summed E-state index contributed by atoms with van der Waals surface area (Å²) in [6.07, 6.45) is -5.30. The van der Waals surface area contributed by atoms with Crippen LogP contribution in [0.5, 0.6) is 5.75 Å². The molecule has 0 bridgehead atoms. The van der Waals surface area contributed by atoms with E-state index in [9.17, 15) is 18.3 Å². The highest BCUT2D eigenvalue weighted by Crippen LogP contribution is 2.27. The van der Waals surface area contributed by atoms with Crippen LogP contribution in [0.25, 0.3) is 0 Å². The van der Waals surface area contributed by atoms with Crippen molar-refractivity contribution in [2.75, 3.05) is 0 Å². The molecule has 0 saturated carbocycles. The van der Waals surface area contributed by atoms with Crippen LogP contribution in [0, 0.1) is 3.57 Å². The highest BCUT2D eigenvalue weighted by atomic mass is 127. The first-order chi connectivity index (χ1) is 9.83. The van der Waals surface area contributed by atoms with Crippen molar-refractivity contribution in [3.63, 3.8) is 0 Å². The van der Waals surface area contributed by atoms with Crippen LogP contribution in [0.15, 0.2) is 48.5 Å². The number of benzene rings is 2. The van der Waals surface area contributed by atoms with Crippen molar-refractivity contribution in [1.82, 2.24) is 0 Å². The van der Waals surface area contributed by atoms with Gasteiger partial charge >= 0.3 is 6.36 Å². The van der Waals surface area contributed by atoms with Crippen molar-refractivity contribution in [1.29, 1.82) is 0 Å². The number of aliphatic hydroxyl groups excluding tert-OH is 1. The van der Waals surface area contributed by atoms with Gasteiger partial charge in [-0.15, -0.1) is 13.2 Å². The van der Waals surface area contributed by atoms with Gasteiger partial charge in [0.1, 0.15) is 5.75 Å². The number of aliphatic hydroxyl groups is 1. The average molecular weight is 408 g/mol. The van der Waals surface area contributed by atoms with Crippen LogP contribution in [0.4, 0.5) is 13.2 Å². The Hall–Kier alpha value is -1.28. The molecule has 1 atom stereocenters. The lowest BCUT2D eigenvalue weighted by Gasteiger charge is -2.14. The molecule has 0 aromatic heterocycles. The van der Waals surface area contributed by atoms with Gasteiger partial charge in [-0.3, -0.25) is 0 Å². The second kappa shape index (κ2) is 6.65. The van der Waals surface area contributed by atoms with Crippen LogP contribution in [0.3, 0.4) is 0 Å². The minimum Gasteiger partial charge on any atom is -0.406 e. The molecule has 21 heavy (non-hydrogen) atoms. The van der Waals surface area contributed by atoms with Crippen LogP contribution in [-0.2, 0) is 6.42 Å². The van der Waals surface area contributed by atoms with Crippen molar-refractivity contribution in [3.05, 3.63) is 63.2 Å². The maximum absolute atomic E-state index is 12.2. The lowest BCUT2D eigenvalue weighted by atomic mass is 10.0. The van der Waals surface area contributed by atoms with E-state index in [0.717, 1.165) is 9.13 Å². The van der Waals surface area contributed by atoms with E-state index in [1.54, 1.807) is 6.07 Å². The van der Waals surface area contributed by atoms with Gasteiger partial charge < -0.3 is 9.84 Å². The largest absolute Gasteiger partial charge is 0.573 e.